The maximum Gasteiger partial charge on any atom is 0.180 e. The second-order valence-electron chi connectivity index (χ2n) is 6.33. The normalized spacial score (nSPS) is 20.7. The lowest BCUT2D eigenvalue weighted by molar-refractivity contribution is 0.0249. The standard InChI is InChI=1S/C17H21FN4O/c18-14-1-3-16(4-2-14)21-5-7-22(8-6-21)17-10-20(11-17)9-15-12-23-13-19-15/h1-4,12-13,17H,5-11H2. The Morgan fingerprint density at radius 1 is 1.09 bits per heavy atom. The summed E-state index contributed by atoms with van der Waals surface area (Å²) in [5, 5.41) is 0. The maximum absolute atomic E-state index is 13.0. The number of likely N-dealkylation sites (tertiary alicyclic amines) is 1. The van der Waals surface area contributed by atoms with E-state index in [1.54, 1.807) is 6.26 Å². The summed E-state index contributed by atoms with van der Waals surface area (Å²) in [5.41, 5.74) is 2.12. The Morgan fingerprint density at radius 2 is 1.83 bits per heavy atom. The summed E-state index contributed by atoms with van der Waals surface area (Å²) in [4.78, 5) is 11.5. The third-order valence-electron chi connectivity index (χ3n) is 4.83. The summed E-state index contributed by atoms with van der Waals surface area (Å²) in [6.07, 6.45) is 3.20. The van der Waals surface area contributed by atoms with Gasteiger partial charge >= 0.3 is 0 Å². The van der Waals surface area contributed by atoms with Crippen LogP contribution in [-0.2, 0) is 6.54 Å². The van der Waals surface area contributed by atoms with Gasteiger partial charge in [-0.05, 0) is 24.3 Å². The van der Waals surface area contributed by atoms with Crippen LogP contribution in [0.5, 0.6) is 0 Å². The Labute approximate surface area is 135 Å². The predicted molar refractivity (Wildman–Crippen MR) is 85.8 cm³/mol. The topological polar surface area (TPSA) is 35.8 Å². The SMILES string of the molecule is Fc1ccc(N2CCN(C3CN(Cc4cocn4)C3)CC2)cc1. The quantitative estimate of drug-likeness (QED) is 0.860. The van der Waals surface area contributed by atoms with Crippen molar-refractivity contribution in [2.75, 3.05) is 44.2 Å². The fourth-order valence-electron chi connectivity index (χ4n) is 3.44. The number of hydrogen-bond acceptors (Lipinski definition) is 5. The zero-order chi connectivity index (χ0) is 15.6. The van der Waals surface area contributed by atoms with Crippen LogP contribution in [0.2, 0.25) is 0 Å². The molecular formula is C17H21FN4O. The highest BCUT2D eigenvalue weighted by molar-refractivity contribution is 5.46. The van der Waals surface area contributed by atoms with Gasteiger partial charge in [0.05, 0.1) is 5.69 Å². The molecule has 2 saturated heterocycles. The van der Waals surface area contributed by atoms with E-state index < -0.39 is 0 Å². The first-order valence-corrected chi connectivity index (χ1v) is 8.12. The molecule has 0 spiro atoms. The third-order valence-corrected chi connectivity index (χ3v) is 4.83. The van der Waals surface area contributed by atoms with Crippen LogP contribution in [-0.4, -0.2) is 60.1 Å². The average Bonchev–Trinajstić information content (AvgIpc) is 3.05. The van der Waals surface area contributed by atoms with Gasteiger partial charge in [-0.25, -0.2) is 9.37 Å². The van der Waals surface area contributed by atoms with Gasteiger partial charge in [-0.3, -0.25) is 9.80 Å². The van der Waals surface area contributed by atoms with Crippen LogP contribution < -0.4 is 4.90 Å². The number of oxazole rings is 1. The number of nitrogens with zero attached hydrogens (tertiary/aromatic N) is 4. The summed E-state index contributed by atoms with van der Waals surface area (Å²) in [6, 6.07) is 7.46. The molecule has 122 valence electrons. The lowest BCUT2D eigenvalue weighted by Crippen LogP contribution is -2.62. The number of aromatic nitrogens is 1. The van der Waals surface area contributed by atoms with Gasteiger partial charge in [0.25, 0.3) is 0 Å². The number of rotatable bonds is 4. The largest absolute Gasteiger partial charge is 0.451 e. The molecule has 1 aromatic heterocycles. The van der Waals surface area contributed by atoms with Crippen molar-refractivity contribution in [3.05, 3.63) is 48.4 Å². The number of hydrogen-bond donors (Lipinski definition) is 0. The molecule has 3 heterocycles. The molecule has 2 aliphatic heterocycles. The van der Waals surface area contributed by atoms with Crippen molar-refractivity contribution in [2.24, 2.45) is 0 Å². The molecule has 0 unspecified atom stereocenters. The number of piperazine rings is 1. The second kappa shape index (κ2) is 6.29. The highest BCUT2D eigenvalue weighted by Crippen LogP contribution is 2.22. The smallest absolute Gasteiger partial charge is 0.180 e. The minimum Gasteiger partial charge on any atom is -0.451 e. The van der Waals surface area contributed by atoms with E-state index >= 15 is 0 Å². The van der Waals surface area contributed by atoms with Crippen molar-refractivity contribution in [2.45, 2.75) is 12.6 Å². The van der Waals surface area contributed by atoms with Crippen LogP contribution in [0, 0.1) is 5.82 Å². The molecule has 0 N–H and O–H groups in total. The summed E-state index contributed by atoms with van der Waals surface area (Å²) < 4.78 is 18.0. The zero-order valence-electron chi connectivity index (χ0n) is 13.1. The van der Waals surface area contributed by atoms with E-state index in [-0.39, 0.29) is 5.82 Å². The molecule has 0 radical (unpaired) electrons. The van der Waals surface area contributed by atoms with Gasteiger partial charge < -0.3 is 9.32 Å². The number of benzene rings is 1. The van der Waals surface area contributed by atoms with Crippen LogP contribution in [0.1, 0.15) is 5.69 Å². The highest BCUT2D eigenvalue weighted by Gasteiger charge is 2.33. The van der Waals surface area contributed by atoms with E-state index in [0.717, 1.165) is 57.2 Å². The van der Waals surface area contributed by atoms with Gasteiger partial charge in [0, 0.05) is 57.5 Å². The fourth-order valence-corrected chi connectivity index (χ4v) is 3.44. The average molecular weight is 316 g/mol. The highest BCUT2D eigenvalue weighted by atomic mass is 19.1. The van der Waals surface area contributed by atoms with E-state index in [9.17, 15) is 4.39 Å². The number of halogens is 1. The van der Waals surface area contributed by atoms with Crippen molar-refractivity contribution in [3.8, 4) is 0 Å². The number of anilines is 1. The summed E-state index contributed by atoms with van der Waals surface area (Å²) in [7, 11) is 0. The first-order chi connectivity index (χ1) is 11.3. The van der Waals surface area contributed by atoms with E-state index in [2.05, 4.69) is 19.7 Å². The third kappa shape index (κ3) is 3.23. The van der Waals surface area contributed by atoms with Crippen molar-refractivity contribution >= 4 is 5.69 Å². The molecule has 0 amide bonds. The minimum atomic E-state index is -0.172. The Bertz CT molecular complexity index is 617. The molecule has 5 nitrogen and oxygen atoms in total. The monoisotopic (exact) mass is 316 g/mol. The Hall–Kier alpha value is -1.92. The van der Waals surface area contributed by atoms with Crippen LogP contribution in [0.4, 0.5) is 10.1 Å². The molecule has 6 heteroatoms. The molecule has 2 aromatic rings. The van der Waals surface area contributed by atoms with Gasteiger partial charge in [0.2, 0.25) is 0 Å². The molecule has 0 atom stereocenters. The zero-order valence-corrected chi connectivity index (χ0v) is 13.1. The molecule has 1 aromatic carbocycles. The van der Waals surface area contributed by atoms with Gasteiger partial charge in [-0.15, -0.1) is 0 Å². The molecule has 0 saturated carbocycles. The van der Waals surface area contributed by atoms with Gasteiger partial charge in [-0.1, -0.05) is 0 Å². The molecule has 23 heavy (non-hydrogen) atoms. The van der Waals surface area contributed by atoms with Crippen LogP contribution in [0.25, 0.3) is 0 Å². The van der Waals surface area contributed by atoms with Crippen LogP contribution in [0.15, 0.2) is 41.3 Å². The van der Waals surface area contributed by atoms with Crippen molar-refractivity contribution in [1.82, 2.24) is 14.8 Å². The second-order valence-corrected chi connectivity index (χ2v) is 6.33. The van der Waals surface area contributed by atoms with Crippen molar-refractivity contribution in [3.63, 3.8) is 0 Å². The van der Waals surface area contributed by atoms with E-state index in [0.29, 0.717) is 6.04 Å². The fraction of sp³-hybridized carbons (Fsp3) is 0.471. The summed E-state index contributed by atoms with van der Waals surface area (Å²) in [6.45, 7) is 7.23. The van der Waals surface area contributed by atoms with E-state index in [1.807, 2.05) is 12.1 Å². The molecule has 0 aliphatic carbocycles. The summed E-state index contributed by atoms with van der Waals surface area (Å²) in [5.74, 6) is -0.172. The first-order valence-electron chi connectivity index (χ1n) is 8.12. The Balaban J connectivity index is 1.24. The van der Waals surface area contributed by atoms with Crippen LogP contribution >= 0.6 is 0 Å². The van der Waals surface area contributed by atoms with Crippen molar-refractivity contribution < 1.29 is 8.81 Å². The maximum atomic E-state index is 13.0. The van der Waals surface area contributed by atoms with Crippen LogP contribution in [0.3, 0.4) is 0 Å². The molecule has 2 aliphatic rings. The Kier molecular flexibility index (Phi) is 4.01. The first kappa shape index (κ1) is 14.7. The summed E-state index contributed by atoms with van der Waals surface area (Å²) >= 11 is 0. The predicted octanol–water partition coefficient (Wildman–Crippen LogP) is 1.82. The molecule has 4 rings (SSSR count). The van der Waals surface area contributed by atoms with Gasteiger partial charge in [-0.2, -0.15) is 0 Å². The van der Waals surface area contributed by atoms with Gasteiger partial charge in [0.15, 0.2) is 6.39 Å². The minimum absolute atomic E-state index is 0.172. The van der Waals surface area contributed by atoms with Gasteiger partial charge in [0.1, 0.15) is 12.1 Å². The Morgan fingerprint density at radius 3 is 2.48 bits per heavy atom. The molecular weight excluding hydrogens is 295 g/mol. The lowest BCUT2D eigenvalue weighted by atomic mass is 10.1. The molecule has 2 fully saturated rings. The van der Waals surface area contributed by atoms with Crippen molar-refractivity contribution in [1.29, 1.82) is 0 Å². The lowest BCUT2D eigenvalue weighted by Gasteiger charge is -2.48. The molecule has 0 bridgehead atoms. The van der Waals surface area contributed by atoms with E-state index in [1.165, 1.54) is 18.5 Å². The van der Waals surface area contributed by atoms with E-state index in [4.69, 9.17) is 4.42 Å².